The lowest BCUT2D eigenvalue weighted by Crippen LogP contribution is -2.15. The van der Waals surface area contributed by atoms with E-state index in [1.807, 2.05) is 0 Å². The Morgan fingerprint density at radius 3 is 2.10 bits per heavy atom. The van der Waals surface area contributed by atoms with Crippen molar-refractivity contribution < 1.29 is 33.6 Å². The minimum Gasteiger partial charge on any atom is -0.460 e. The summed E-state index contributed by atoms with van der Waals surface area (Å²) in [6.07, 6.45) is 1.08. The summed E-state index contributed by atoms with van der Waals surface area (Å²) in [5.74, 6) is -0.500. The molecule has 0 bridgehead atoms. The first-order valence-electron chi connectivity index (χ1n) is 8.64. The van der Waals surface area contributed by atoms with Gasteiger partial charge in [-0.1, -0.05) is 6.58 Å². The highest BCUT2D eigenvalue weighted by molar-refractivity contribution is 5.81. The van der Waals surface area contributed by atoms with Gasteiger partial charge in [0.15, 0.2) is 0 Å². The number of esters is 1. The lowest BCUT2D eigenvalue weighted by molar-refractivity contribution is -0.393. The molecule has 12 heteroatoms. The van der Waals surface area contributed by atoms with Gasteiger partial charge in [-0.25, -0.2) is 4.79 Å². The lowest BCUT2D eigenvalue weighted by Gasteiger charge is -2.09. The summed E-state index contributed by atoms with van der Waals surface area (Å²) >= 11 is 0. The number of non-ortho nitro benzene ring substituents is 1. The summed E-state index contributed by atoms with van der Waals surface area (Å²) < 4.78 is 20.5. The van der Waals surface area contributed by atoms with Crippen LogP contribution in [-0.4, -0.2) is 68.6 Å². The molecule has 0 aliphatic heterocycles. The van der Waals surface area contributed by atoms with Crippen LogP contribution in [0, 0.1) is 20.2 Å². The number of nitrogens with zero attached hydrogens (tertiary/aromatic N) is 2. The molecule has 1 aromatic carbocycles. The molecule has 160 valence electrons. The standard InChI is InChI=1S/C17H23N3O9/c1-2-17(21)29-12-11-28-10-9-27-8-7-26-6-5-18-15-4-3-14(19(22)23)13-16(15)20(24)25/h2-4,13,18H,1,5-12H2. The van der Waals surface area contributed by atoms with Crippen molar-refractivity contribution in [2.24, 2.45) is 0 Å². The number of hydrogen-bond acceptors (Lipinski definition) is 10. The lowest BCUT2D eigenvalue weighted by atomic mass is 10.2. The molecule has 0 atom stereocenters. The monoisotopic (exact) mass is 413 g/mol. The zero-order valence-electron chi connectivity index (χ0n) is 15.7. The number of benzene rings is 1. The molecule has 12 nitrogen and oxygen atoms in total. The fourth-order valence-electron chi connectivity index (χ4n) is 1.99. The molecular formula is C17H23N3O9. The van der Waals surface area contributed by atoms with Crippen LogP contribution in [0.3, 0.4) is 0 Å². The molecule has 0 saturated carbocycles. The molecule has 0 aliphatic rings. The van der Waals surface area contributed by atoms with Crippen molar-refractivity contribution in [2.75, 3.05) is 58.1 Å². The van der Waals surface area contributed by atoms with Gasteiger partial charge in [0.25, 0.3) is 11.4 Å². The molecule has 0 spiro atoms. The molecule has 0 unspecified atom stereocenters. The average Bonchev–Trinajstić information content (AvgIpc) is 2.70. The number of anilines is 1. The maximum atomic E-state index is 11.0. The fourth-order valence-corrected chi connectivity index (χ4v) is 1.99. The van der Waals surface area contributed by atoms with Crippen molar-refractivity contribution in [3.05, 3.63) is 51.1 Å². The Labute approximate surface area is 166 Å². The van der Waals surface area contributed by atoms with E-state index in [-0.39, 0.29) is 43.4 Å². The summed E-state index contributed by atoms with van der Waals surface area (Å²) in [5.41, 5.74) is -0.546. The second-order valence-electron chi connectivity index (χ2n) is 5.35. The second kappa shape index (κ2) is 14.0. The Kier molecular flexibility index (Phi) is 11.5. The molecule has 1 rings (SSSR count). The van der Waals surface area contributed by atoms with Crippen LogP contribution in [0.4, 0.5) is 17.1 Å². The zero-order chi connectivity index (χ0) is 21.5. The number of hydrogen-bond donors (Lipinski definition) is 1. The normalized spacial score (nSPS) is 10.3. The Morgan fingerprint density at radius 1 is 0.966 bits per heavy atom. The van der Waals surface area contributed by atoms with Crippen molar-refractivity contribution >= 4 is 23.0 Å². The molecule has 0 radical (unpaired) electrons. The van der Waals surface area contributed by atoms with Gasteiger partial charge in [-0.15, -0.1) is 0 Å². The van der Waals surface area contributed by atoms with E-state index in [1.165, 1.54) is 12.1 Å². The fraction of sp³-hybridized carbons (Fsp3) is 0.471. The minimum atomic E-state index is -0.692. The summed E-state index contributed by atoms with van der Waals surface area (Å²) in [4.78, 5) is 31.1. The van der Waals surface area contributed by atoms with Gasteiger partial charge in [-0.05, 0) is 6.07 Å². The van der Waals surface area contributed by atoms with Crippen molar-refractivity contribution in [3.8, 4) is 0 Å². The van der Waals surface area contributed by atoms with Crippen molar-refractivity contribution in [3.63, 3.8) is 0 Å². The SMILES string of the molecule is C=CC(=O)OCCOCCOCCOCCNc1ccc([N+](=O)[O-])cc1[N+](=O)[O-]. The number of nitrogens with one attached hydrogen (secondary N) is 1. The summed E-state index contributed by atoms with van der Waals surface area (Å²) in [7, 11) is 0. The average molecular weight is 413 g/mol. The first-order valence-corrected chi connectivity index (χ1v) is 8.64. The molecular weight excluding hydrogens is 390 g/mol. The largest absolute Gasteiger partial charge is 0.460 e. The van der Waals surface area contributed by atoms with E-state index >= 15 is 0 Å². The van der Waals surface area contributed by atoms with E-state index < -0.39 is 15.8 Å². The third-order valence-corrected chi connectivity index (χ3v) is 3.33. The first kappa shape index (κ1) is 23.9. The van der Waals surface area contributed by atoms with Crippen LogP contribution in [0.1, 0.15) is 0 Å². The molecule has 0 fully saturated rings. The highest BCUT2D eigenvalue weighted by atomic mass is 16.6. The van der Waals surface area contributed by atoms with Crippen LogP contribution in [-0.2, 0) is 23.7 Å². The second-order valence-corrected chi connectivity index (χ2v) is 5.35. The van der Waals surface area contributed by atoms with Gasteiger partial charge >= 0.3 is 5.97 Å². The number of rotatable bonds is 16. The van der Waals surface area contributed by atoms with Gasteiger partial charge in [0.2, 0.25) is 0 Å². The number of nitro benzene ring substituents is 2. The number of ether oxygens (including phenoxy) is 4. The Hall–Kier alpha value is -3.09. The minimum absolute atomic E-state index is 0.147. The van der Waals surface area contributed by atoms with E-state index in [4.69, 9.17) is 18.9 Å². The van der Waals surface area contributed by atoms with Gasteiger partial charge < -0.3 is 24.3 Å². The predicted octanol–water partition coefficient (Wildman–Crippen LogP) is 1.69. The molecule has 0 amide bonds. The first-order chi connectivity index (χ1) is 14.0. The van der Waals surface area contributed by atoms with Crippen molar-refractivity contribution in [1.82, 2.24) is 0 Å². The molecule has 0 saturated heterocycles. The molecule has 29 heavy (non-hydrogen) atoms. The van der Waals surface area contributed by atoms with Gasteiger partial charge in [-0.3, -0.25) is 20.2 Å². The van der Waals surface area contributed by atoms with E-state index in [1.54, 1.807) is 0 Å². The van der Waals surface area contributed by atoms with Crippen LogP contribution >= 0.6 is 0 Å². The predicted molar refractivity (Wildman–Crippen MR) is 102 cm³/mol. The number of carbonyl (C=O) groups excluding carboxylic acids is 1. The molecule has 1 aromatic rings. The van der Waals surface area contributed by atoms with Crippen LogP contribution in [0.15, 0.2) is 30.9 Å². The van der Waals surface area contributed by atoms with E-state index in [0.29, 0.717) is 26.4 Å². The Bertz CT molecular complexity index is 697. The maximum absolute atomic E-state index is 11.0. The van der Waals surface area contributed by atoms with E-state index in [0.717, 1.165) is 12.1 Å². The summed E-state index contributed by atoms with van der Waals surface area (Å²) in [6, 6.07) is 3.38. The van der Waals surface area contributed by atoms with Crippen molar-refractivity contribution in [2.45, 2.75) is 0 Å². The third kappa shape index (κ3) is 10.1. The highest BCUT2D eigenvalue weighted by Crippen LogP contribution is 2.28. The van der Waals surface area contributed by atoms with Crippen LogP contribution in [0.5, 0.6) is 0 Å². The van der Waals surface area contributed by atoms with Gasteiger partial charge in [0.05, 0.1) is 55.6 Å². The van der Waals surface area contributed by atoms with Crippen LogP contribution in [0.2, 0.25) is 0 Å². The molecule has 0 heterocycles. The smallest absolute Gasteiger partial charge is 0.330 e. The van der Waals surface area contributed by atoms with E-state index in [2.05, 4.69) is 11.9 Å². The Balaban J connectivity index is 2.07. The van der Waals surface area contributed by atoms with Gasteiger partial charge in [0, 0.05) is 18.7 Å². The Morgan fingerprint density at radius 2 is 1.55 bits per heavy atom. The molecule has 0 aromatic heterocycles. The number of carbonyl (C=O) groups is 1. The quantitative estimate of drug-likeness (QED) is 0.139. The zero-order valence-corrected chi connectivity index (χ0v) is 15.7. The maximum Gasteiger partial charge on any atom is 0.330 e. The van der Waals surface area contributed by atoms with E-state index in [9.17, 15) is 25.0 Å². The van der Waals surface area contributed by atoms with Crippen molar-refractivity contribution in [1.29, 1.82) is 0 Å². The van der Waals surface area contributed by atoms with Crippen LogP contribution in [0.25, 0.3) is 0 Å². The summed E-state index contributed by atoms with van der Waals surface area (Å²) in [6.45, 7) is 5.59. The highest BCUT2D eigenvalue weighted by Gasteiger charge is 2.18. The van der Waals surface area contributed by atoms with Gasteiger partial charge in [-0.2, -0.15) is 0 Å². The van der Waals surface area contributed by atoms with Gasteiger partial charge in [0.1, 0.15) is 12.3 Å². The summed E-state index contributed by atoms with van der Waals surface area (Å²) in [5, 5.41) is 24.5. The molecule has 1 N–H and O–H groups in total. The van der Waals surface area contributed by atoms with Crippen LogP contribution < -0.4 is 5.32 Å². The number of nitro groups is 2. The molecule has 0 aliphatic carbocycles. The third-order valence-electron chi connectivity index (χ3n) is 3.33. The topological polar surface area (TPSA) is 152 Å².